The molecular weight excluding hydrogens is 240 g/mol. The van der Waals surface area contributed by atoms with E-state index < -0.39 is 0 Å². The minimum absolute atomic E-state index is 0.582. The van der Waals surface area contributed by atoms with E-state index in [0.717, 1.165) is 17.8 Å². The van der Waals surface area contributed by atoms with Gasteiger partial charge in [-0.2, -0.15) is 0 Å². The van der Waals surface area contributed by atoms with Crippen LogP contribution >= 0.6 is 0 Å². The average molecular weight is 268 g/mol. The standard InChI is InChI=1S/C20H28/c1-2-3-6-18-7-4-5-8-19(18)20-12-15-9-16(13-20)11-17(10-15)14-20/h4-5,7-8,15-17H,2-3,6,9-14H2,1H3. The summed E-state index contributed by atoms with van der Waals surface area (Å²) >= 11 is 0. The first-order chi connectivity index (χ1) is 9.79. The molecule has 0 unspecified atom stereocenters. The van der Waals surface area contributed by atoms with Crippen LogP contribution in [0.1, 0.15) is 69.4 Å². The lowest BCUT2D eigenvalue weighted by Crippen LogP contribution is -2.48. The van der Waals surface area contributed by atoms with E-state index in [1.54, 1.807) is 30.4 Å². The molecular formula is C20H28. The van der Waals surface area contributed by atoms with Crippen LogP contribution in [0.2, 0.25) is 0 Å². The second-order valence-electron chi connectivity index (χ2n) is 7.96. The van der Waals surface area contributed by atoms with Gasteiger partial charge in [-0.15, -0.1) is 0 Å². The fourth-order valence-electron chi connectivity index (χ4n) is 6.06. The molecule has 0 spiro atoms. The van der Waals surface area contributed by atoms with Gasteiger partial charge in [0, 0.05) is 0 Å². The van der Waals surface area contributed by atoms with Crippen LogP contribution in [-0.4, -0.2) is 0 Å². The van der Waals surface area contributed by atoms with Crippen molar-refractivity contribution in [2.75, 3.05) is 0 Å². The van der Waals surface area contributed by atoms with Crippen LogP contribution in [0.15, 0.2) is 24.3 Å². The van der Waals surface area contributed by atoms with Crippen LogP contribution in [0.25, 0.3) is 0 Å². The van der Waals surface area contributed by atoms with E-state index in [9.17, 15) is 0 Å². The zero-order valence-electron chi connectivity index (χ0n) is 12.9. The van der Waals surface area contributed by atoms with Crippen molar-refractivity contribution in [1.29, 1.82) is 0 Å². The third-order valence-corrected chi connectivity index (χ3v) is 6.43. The van der Waals surface area contributed by atoms with Gasteiger partial charge in [0.25, 0.3) is 0 Å². The predicted molar refractivity (Wildman–Crippen MR) is 84.9 cm³/mol. The van der Waals surface area contributed by atoms with Gasteiger partial charge in [0.1, 0.15) is 0 Å². The van der Waals surface area contributed by atoms with Crippen LogP contribution in [0.4, 0.5) is 0 Å². The predicted octanol–water partition coefficient (Wildman–Crippen LogP) is 5.50. The molecule has 4 aliphatic rings. The Balaban J connectivity index is 1.70. The lowest BCUT2D eigenvalue weighted by atomic mass is 9.47. The van der Waals surface area contributed by atoms with Gasteiger partial charge >= 0.3 is 0 Å². The summed E-state index contributed by atoms with van der Waals surface area (Å²) in [4.78, 5) is 0. The number of benzene rings is 1. The molecule has 5 rings (SSSR count). The molecule has 0 nitrogen and oxygen atoms in total. The fraction of sp³-hybridized carbons (Fsp3) is 0.700. The first-order valence-electron chi connectivity index (χ1n) is 8.87. The van der Waals surface area contributed by atoms with E-state index >= 15 is 0 Å². The quantitative estimate of drug-likeness (QED) is 0.676. The third kappa shape index (κ3) is 2.03. The van der Waals surface area contributed by atoms with E-state index in [1.807, 2.05) is 0 Å². The summed E-state index contributed by atoms with van der Waals surface area (Å²) in [6, 6.07) is 9.46. The number of unbranched alkanes of at least 4 members (excludes halogenated alkanes) is 1. The topological polar surface area (TPSA) is 0 Å². The highest BCUT2D eigenvalue weighted by Gasteiger charge is 2.51. The van der Waals surface area contributed by atoms with Crippen molar-refractivity contribution in [2.45, 2.75) is 70.1 Å². The molecule has 0 aliphatic heterocycles. The molecule has 0 heterocycles. The highest BCUT2D eigenvalue weighted by Crippen LogP contribution is 2.61. The molecule has 1 aromatic carbocycles. The largest absolute Gasteiger partial charge is 0.0654 e. The van der Waals surface area contributed by atoms with Crippen molar-refractivity contribution >= 4 is 0 Å². The molecule has 4 bridgehead atoms. The second-order valence-corrected chi connectivity index (χ2v) is 7.96. The van der Waals surface area contributed by atoms with E-state index in [1.165, 1.54) is 38.5 Å². The van der Waals surface area contributed by atoms with Crippen molar-refractivity contribution < 1.29 is 0 Å². The summed E-state index contributed by atoms with van der Waals surface area (Å²) in [5.41, 5.74) is 4.02. The molecule has 0 heteroatoms. The smallest absolute Gasteiger partial charge is 0.00363 e. The summed E-state index contributed by atoms with van der Waals surface area (Å²) in [6.45, 7) is 2.31. The minimum Gasteiger partial charge on any atom is -0.0654 e. The van der Waals surface area contributed by atoms with Gasteiger partial charge in [0.15, 0.2) is 0 Å². The summed E-state index contributed by atoms with van der Waals surface area (Å²) in [5.74, 6) is 3.17. The monoisotopic (exact) mass is 268 g/mol. The molecule has 0 atom stereocenters. The van der Waals surface area contributed by atoms with Crippen LogP contribution in [0.3, 0.4) is 0 Å². The number of aryl methyl sites for hydroxylation is 1. The molecule has 0 radical (unpaired) electrons. The summed E-state index contributed by atoms with van der Waals surface area (Å²) < 4.78 is 0. The molecule has 0 N–H and O–H groups in total. The van der Waals surface area contributed by atoms with E-state index in [0.29, 0.717) is 5.41 Å². The van der Waals surface area contributed by atoms with Crippen molar-refractivity contribution in [3.05, 3.63) is 35.4 Å². The SMILES string of the molecule is CCCCc1ccccc1C12CC3CC(CC(C3)C1)C2. The van der Waals surface area contributed by atoms with Gasteiger partial charge < -0.3 is 0 Å². The van der Waals surface area contributed by atoms with Gasteiger partial charge in [-0.05, 0) is 85.7 Å². The fourth-order valence-corrected chi connectivity index (χ4v) is 6.06. The Morgan fingerprint density at radius 2 is 1.55 bits per heavy atom. The Morgan fingerprint density at radius 3 is 2.15 bits per heavy atom. The Labute approximate surface area is 124 Å². The molecule has 108 valence electrons. The van der Waals surface area contributed by atoms with Crippen LogP contribution in [-0.2, 0) is 11.8 Å². The van der Waals surface area contributed by atoms with Gasteiger partial charge in [-0.25, -0.2) is 0 Å². The van der Waals surface area contributed by atoms with Gasteiger partial charge in [0.2, 0.25) is 0 Å². The zero-order valence-corrected chi connectivity index (χ0v) is 12.9. The first kappa shape index (κ1) is 12.9. The molecule has 4 saturated carbocycles. The lowest BCUT2D eigenvalue weighted by Gasteiger charge is -2.57. The Bertz CT molecular complexity index is 449. The Kier molecular flexibility index (Phi) is 3.16. The maximum atomic E-state index is 2.48. The molecule has 0 aromatic heterocycles. The lowest BCUT2D eigenvalue weighted by molar-refractivity contribution is -0.00558. The first-order valence-corrected chi connectivity index (χ1v) is 8.87. The normalized spacial score (nSPS) is 38.4. The third-order valence-electron chi connectivity index (χ3n) is 6.43. The van der Waals surface area contributed by atoms with E-state index in [4.69, 9.17) is 0 Å². The maximum Gasteiger partial charge on any atom is -0.00363 e. The minimum atomic E-state index is 0.582. The number of hydrogen-bond donors (Lipinski definition) is 0. The van der Waals surface area contributed by atoms with Crippen LogP contribution in [0, 0.1) is 17.8 Å². The average Bonchev–Trinajstić information content (AvgIpc) is 2.44. The van der Waals surface area contributed by atoms with E-state index in [2.05, 4.69) is 31.2 Å². The molecule has 0 saturated heterocycles. The van der Waals surface area contributed by atoms with Gasteiger partial charge in [-0.1, -0.05) is 37.6 Å². The molecule has 4 fully saturated rings. The highest BCUT2D eigenvalue weighted by molar-refractivity contribution is 5.37. The molecule has 1 aromatic rings. The summed E-state index contributed by atoms with van der Waals surface area (Å²) in [6.07, 6.45) is 13.1. The van der Waals surface area contributed by atoms with Crippen LogP contribution < -0.4 is 0 Å². The Hall–Kier alpha value is -0.780. The molecule has 4 aliphatic carbocycles. The second kappa shape index (κ2) is 4.90. The molecule has 20 heavy (non-hydrogen) atoms. The molecule has 0 amide bonds. The van der Waals surface area contributed by atoms with Crippen molar-refractivity contribution in [1.82, 2.24) is 0 Å². The number of rotatable bonds is 4. The van der Waals surface area contributed by atoms with Crippen LogP contribution in [0.5, 0.6) is 0 Å². The van der Waals surface area contributed by atoms with Crippen molar-refractivity contribution in [3.8, 4) is 0 Å². The zero-order chi connectivity index (χ0) is 13.6. The summed E-state index contributed by atoms with van der Waals surface area (Å²) in [5, 5.41) is 0. The van der Waals surface area contributed by atoms with E-state index in [-0.39, 0.29) is 0 Å². The maximum absolute atomic E-state index is 2.48. The van der Waals surface area contributed by atoms with Gasteiger partial charge in [-0.3, -0.25) is 0 Å². The Morgan fingerprint density at radius 1 is 0.950 bits per heavy atom. The van der Waals surface area contributed by atoms with Crippen molar-refractivity contribution in [3.63, 3.8) is 0 Å². The van der Waals surface area contributed by atoms with Crippen molar-refractivity contribution in [2.24, 2.45) is 17.8 Å². The number of hydrogen-bond acceptors (Lipinski definition) is 0. The van der Waals surface area contributed by atoms with Gasteiger partial charge in [0.05, 0.1) is 0 Å². The highest BCUT2D eigenvalue weighted by atomic mass is 14.6. The summed E-state index contributed by atoms with van der Waals surface area (Å²) in [7, 11) is 0.